The molecule has 1 aliphatic carbocycles. The average molecular weight is 301 g/mol. The zero-order valence-corrected chi connectivity index (χ0v) is 12.2. The number of hydrogen-bond donors (Lipinski definition) is 2. The van der Waals surface area contributed by atoms with Crippen molar-refractivity contribution in [3.8, 4) is 0 Å². The Bertz CT molecular complexity index is 584. The number of nitrogens with one attached hydrogen (secondary N) is 1. The first-order chi connectivity index (χ1) is 9.32. The summed E-state index contributed by atoms with van der Waals surface area (Å²) in [6.07, 6.45) is 5.41. The van der Waals surface area contributed by atoms with E-state index in [0.29, 0.717) is 6.54 Å². The molecule has 1 heterocycles. The van der Waals surface area contributed by atoms with Crippen LogP contribution >= 0.6 is 0 Å². The summed E-state index contributed by atoms with van der Waals surface area (Å²) < 4.78 is 31.5. The van der Waals surface area contributed by atoms with Crippen LogP contribution in [0.25, 0.3) is 0 Å². The molecule has 0 unspecified atom stereocenters. The number of sulfonamides is 1. The Morgan fingerprint density at radius 2 is 2.00 bits per heavy atom. The lowest BCUT2D eigenvalue weighted by Gasteiger charge is -2.33. The zero-order valence-electron chi connectivity index (χ0n) is 11.4. The summed E-state index contributed by atoms with van der Waals surface area (Å²) in [6, 6.07) is 2.30. The minimum atomic E-state index is -3.79. The molecule has 20 heavy (non-hydrogen) atoms. The van der Waals surface area contributed by atoms with Gasteiger partial charge in [-0.15, -0.1) is 0 Å². The summed E-state index contributed by atoms with van der Waals surface area (Å²) in [5.41, 5.74) is -0.0342. The van der Waals surface area contributed by atoms with Crippen molar-refractivity contribution in [1.82, 2.24) is 4.72 Å². The number of aromatic carboxylic acids is 1. The highest BCUT2D eigenvalue weighted by molar-refractivity contribution is 7.89. The molecule has 0 bridgehead atoms. The molecule has 0 atom stereocenters. The van der Waals surface area contributed by atoms with Gasteiger partial charge >= 0.3 is 5.97 Å². The normalized spacial score (nSPS) is 18.9. The predicted octanol–water partition coefficient (Wildman–Crippen LogP) is 2.23. The molecule has 0 aliphatic heterocycles. The molecular formula is C13H19NO5S. The molecule has 1 aliphatic rings. The quantitative estimate of drug-likeness (QED) is 0.869. The molecule has 1 aromatic rings. The molecule has 1 aromatic heterocycles. The van der Waals surface area contributed by atoms with Crippen LogP contribution in [0.4, 0.5) is 0 Å². The summed E-state index contributed by atoms with van der Waals surface area (Å²) in [5, 5.41) is 8.38. The Kier molecular flexibility index (Phi) is 4.19. The molecular weight excluding hydrogens is 282 g/mol. The summed E-state index contributed by atoms with van der Waals surface area (Å²) in [4.78, 5) is 10.7. The minimum Gasteiger partial charge on any atom is -0.475 e. The maximum Gasteiger partial charge on any atom is 0.371 e. The first kappa shape index (κ1) is 15.1. The van der Waals surface area contributed by atoms with E-state index < -0.39 is 16.0 Å². The highest BCUT2D eigenvalue weighted by Gasteiger charge is 2.30. The van der Waals surface area contributed by atoms with Gasteiger partial charge in [0.05, 0.1) is 0 Å². The van der Waals surface area contributed by atoms with Crippen molar-refractivity contribution in [3.63, 3.8) is 0 Å². The van der Waals surface area contributed by atoms with Crippen LogP contribution in [-0.2, 0) is 10.0 Å². The fourth-order valence-electron chi connectivity index (χ4n) is 2.50. The minimum absolute atomic E-state index is 0.0342. The molecule has 112 valence electrons. The van der Waals surface area contributed by atoms with Crippen LogP contribution in [0.15, 0.2) is 21.6 Å². The Labute approximate surface area is 118 Å². The number of carboxylic acids is 1. The van der Waals surface area contributed by atoms with Crippen LogP contribution in [0, 0.1) is 5.41 Å². The van der Waals surface area contributed by atoms with Gasteiger partial charge in [0.25, 0.3) is 10.0 Å². The molecule has 1 fully saturated rings. The van der Waals surface area contributed by atoms with Gasteiger partial charge in [0.2, 0.25) is 10.9 Å². The van der Waals surface area contributed by atoms with Crippen molar-refractivity contribution in [2.45, 2.75) is 44.1 Å². The molecule has 1 saturated carbocycles. The van der Waals surface area contributed by atoms with Crippen LogP contribution in [0.1, 0.15) is 49.6 Å². The highest BCUT2D eigenvalue weighted by atomic mass is 32.2. The highest BCUT2D eigenvalue weighted by Crippen LogP contribution is 2.35. The maximum atomic E-state index is 12.1. The van der Waals surface area contributed by atoms with Crippen LogP contribution in [0.5, 0.6) is 0 Å². The van der Waals surface area contributed by atoms with Gasteiger partial charge in [0.15, 0.2) is 0 Å². The Morgan fingerprint density at radius 1 is 1.35 bits per heavy atom. The van der Waals surface area contributed by atoms with E-state index in [1.54, 1.807) is 0 Å². The van der Waals surface area contributed by atoms with Crippen molar-refractivity contribution in [2.75, 3.05) is 6.54 Å². The molecule has 0 aromatic carbocycles. The number of carbonyl (C=O) groups is 1. The first-order valence-corrected chi connectivity index (χ1v) is 8.14. The fourth-order valence-corrected chi connectivity index (χ4v) is 3.63. The van der Waals surface area contributed by atoms with Gasteiger partial charge in [-0.1, -0.05) is 26.2 Å². The molecule has 7 heteroatoms. The standard InChI is InChI=1S/C13H19NO5S/c1-13(7-3-2-4-8-13)9-14-20(17,18)11-6-5-10(19-11)12(15)16/h5-6,14H,2-4,7-9H2,1H3,(H,15,16). The summed E-state index contributed by atoms with van der Waals surface area (Å²) in [5.74, 6) is -1.67. The largest absolute Gasteiger partial charge is 0.475 e. The van der Waals surface area contributed by atoms with Gasteiger partial charge in [-0.25, -0.2) is 17.9 Å². The van der Waals surface area contributed by atoms with Crippen molar-refractivity contribution in [1.29, 1.82) is 0 Å². The van der Waals surface area contributed by atoms with E-state index >= 15 is 0 Å². The molecule has 0 saturated heterocycles. The van der Waals surface area contributed by atoms with E-state index in [2.05, 4.69) is 11.6 Å². The second-order valence-corrected chi connectivity index (χ2v) is 7.32. The van der Waals surface area contributed by atoms with Crippen LogP contribution in [0.2, 0.25) is 0 Å². The third kappa shape index (κ3) is 3.40. The van der Waals surface area contributed by atoms with Gasteiger partial charge in [-0.2, -0.15) is 0 Å². The van der Waals surface area contributed by atoms with Crippen molar-refractivity contribution in [2.24, 2.45) is 5.41 Å². The third-order valence-electron chi connectivity index (χ3n) is 3.81. The van der Waals surface area contributed by atoms with Gasteiger partial charge in [0.1, 0.15) is 0 Å². The molecule has 0 amide bonds. The van der Waals surface area contributed by atoms with E-state index in [1.165, 1.54) is 6.42 Å². The van der Waals surface area contributed by atoms with E-state index in [-0.39, 0.29) is 16.3 Å². The maximum absolute atomic E-state index is 12.1. The van der Waals surface area contributed by atoms with E-state index in [4.69, 9.17) is 9.52 Å². The van der Waals surface area contributed by atoms with Gasteiger partial charge in [-0.05, 0) is 30.4 Å². The van der Waals surface area contributed by atoms with Crippen molar-refractivity contribution in [3.05, 3.63) is 17.9 Å². The summed E-state index contributed by atoms with van der Waals surface area (Å²) >= 11 is 0. The number of rotatable bonds is 5. The van der Waals surface area contributed by atoms with E-state index in [1.807, 2.05) is 0 Å². The Hall–Kier alpha value is -1.34. The van der Waals surface area contributed by atoms with Crippen LogP contribution in [-0.4, -0.2) is 26.0 Å². The topological polar surface area (TPSA) is 96.6 Å². The first-order valence-electron chi connectivity index (χ1n) is 6.65. The molecule has 0 radical (unpaired) electrons. The lowest BCUT2D eigenvalue weighted by atomic mass is 9.76. The molecule has 0 spiro atoms. The van der Waals surface area contributed by atoms with Crippen molar-refractivity contribution < 1.29 is 22.7 Å². The number of furan rings is 1. The average Bonchev–Trinajstić information content (AvgIpc) is 2.88. The van der Waals surface area contributed by atoms with Crippen LogP contribution in [0.3, 0.4) is 0 Å². The smallest absolute Gasteiger partial charge is 0.371 e. The molecule has 6 nitrogen and oxygen atoms in total. The van der Waals surface area contributed by atoms with Gasteiger partial charge < -0.3 is 9.52 Å². The second kappa shape index (κ2) is 5.57. The monoisotopic (exact) mass is 301 g/mol. The fraction of sp³-hybridized carbons (Fsp3) is 0.615. The molecule has 2 N–H and O–H groups in total. The Balaban J connectivity index is 2.05. The van der Waals surface area contributed by atoms with E-state index in [0.717, 1.165) is 37.8 Å². The second-order valence-electron chi connectivity index (χ2n) is 5.62. The van der Waals surface area contributed by atoms with Crippen molar-refractivity contribution >= 4 is 16.0 Å². The summed E-state index contributed by atoms with van der Waals surface area (Å²) in [6.45, 7) is 2.41. The van der Waals surface area contributed by atoms with E-state index in [9.17, 15) is 13.2 Å². The lowest BCUT2D eigenvalue weighted by Crippen LogP contribution is -2.36. The number of hydrogen-bond acceptors (Lipinski definition) is 4. The van der Waals surface area contributed by atoms with Crippen LogP contribution < -0.4 is 4.72 Å². The van der Waals surface area contributed by atoms with Gasteiger partial charge in [-0.3, -0.25) is 0 Å². The molecule has 2 rings (SSSR count). The number of carboxylic acid groups (broad SMARTS) is 1. The van der Waals surface area contributed by atoms with Gasteiger partial charge in [0, 0.05) is 6.54 Å². The summed E-state index contributed by atoms with van der Waals surface area (Å²) in [7, 11) is -3.79. The third-order valence-corrected chi connectivity index (χ3v) is 5.08. The SMILES string of the molecule is CC1(CNS(=O)(=O)c2ccc(C(=O)O)o2)CCCCC1. The predicted molar refractivity (Wildman–Crippen MR) is 72.0 cm³/mol. The lowest BCUT2D eigenvalue weighted by molar-refractivity contribution is 0.0656. The zero-order chi connectivity index (χ0) is 14.8. The Morgan fingerprint density at radius 3 is 2.55 bits per heavy atom.